The summed E-state index contributed by atoms with van der Waals surface area (Å²) in [5.41, 5.74) is 8.28. The van der Waals surface area contributed by atoms with Crippen molar-refractivity contribution in [1.29, 1.82) is 0 Å². The summed E-state index contributed by atoms with van der Waals surface area (Å²) in [6.45, 7) is 0. The van der Waals surface area contributed by atoms with Crippen molar-refractivity contribution < 1.29 is 14.5 Å². The monoisotopic (exact) mass is 344 g/mol. The zero-order valence-corrected chi connectivity index (χ0v) is 13.0. The first-order valence-corrected chi connectivity index (χ1v) is 7.54. The number of guanidine groups is 1. The Labute approximate surface area is 140 Å². The maximum Gasteiger partial charge on any atom is 0.368 e. The number of nitro benzene ring substituents is 1. The number of anilines is 1. The van der Waals surface area contributed by atoms with Crippen molar-refractivity contribution in [3.63, 3.8) is 0 Å². The van der Waals surface area contributed by atoms with Crippen LogP contribution in [0.2, 0.25) is 5.02 Å². The van der Waals surface area contributed by atoms with Crippen molar-refractivity contribution in [2.24, 2.45) is 5.73 Å². The number of nitrogens with zero attached hydrogens (tertiary/aromatic N) is 2. The highest BCUT2D eigenvalue weighted by atomic mass is 35.5. The number of aromatic nitrogens is 2. The van der Waals surface area contributed by atoms with Crippen LogP contribution in [-0.4, -0.2) is 15.9 Å². The number of nitro groups is 1. The molecule has 3 aromatic rings. The van der Waals surface area contributed by atoms with Gasteiger partial charge in [-0.25, -0.2) is 9.98 Å². The molecule has 4 rings (SSSR count). The minimum Gasteiger partial charge on any atom is -0.290 e. The van der Waals surface area contributed by atoms with Crippen LogP contribution < -0.4 is 20.6 Å². The van der Waals surface area contributed by atoms with Crippen LogP contribution in [0.5, 0.6) is 0 Å². The van der Waals surface area contributed by atoms with Crippen molar-refractivity contribution in [2.75, 3.05) is 5.32 Å². The summed E-state index contributed by atoms with van der Waals surface area (Å²) in [5, 5.41) is 14.5. The Kier molecular flexibility index (Phi) is 3.14. The predicted molar refractivity (Wildman–Crippen MR) is 88.5 cm³/mol. The summed E-state index contributed by atoms with van der Waals surface area (Å²) in [4.78, 5) is 17.0. The molecule has 5 N–H and O–H groups in total. The molecule has 0 radical (unpaired) electrons. The zero-order chi connectivity index (χ0) is 16.8. The number of rotatable bonds is 2. The Morgan fingerprint density at radius 3 is 2.88 bits per heavy atom. The number of halogens is 1. The molecule has 8 nitrogen and oxygen atoms in total. The molecule has 0 saturated carbocycles. The third kappa shape index (κ3) is 2.16. The maximum absolute atomic E-state index is 11.1. The van der Waals surface area contributed by atoms with Gasteiger partial charge in [0.15, 0.2) is 0 Å². The summed E-state index contributed by atoms with van der Waals surface area (Å²) in [6, 6.07) is 12.1. The zero-order valence-electron chi connectivity index (χ0n) is 12.3. The smallest absolute Gasteiger partial charge is 0.290 e. The fourth-order valence-electron chi connectivity index (χ4n) is 2.90. The van der Waals surface area contributed by atoms with Crippen LogP contribution in [0.25, 0.3) is 11.0 Å². The van der Waals surface area contributed by atoms with E-state index in [0.29, 0.717) is 22.5 Å². The molecule has 1 aliphatic rings. The van der Waals surface area contributed by atoms with Crippen LogP contribution in [0.1, 0.15) is 11.7 Å². The van der Waals surface area contributed by atoms with Gasteiger partial charge in [0.1, 0.15) is 11.0 Å². The largest absolute Gasteiger partial charge is 0.368 e. The lowest BCUT2D eigenvalue weighted by Gasteiger charge is -2.17. The van der Waals surface area contributed by atoms with Gasteiger partial charge >= 0.3 is 11.9 Å². The highest BCUT2D eigenvalue weighted by Crippen LogP contribution is 2.27. The van der Waals surface area contributed by atoms with Gasteiger partial charge in [0.05, 0.1) is 15.5 Å². The first kappa shape index (κ1) is 14.5. The summed E-state index contributed by atoms with van der Waals surface area (Å²) in [7, 11) is 0. The molecule has 1 aromatic heterocycles. The van der Waals surface area contributed by atoms with E-state index in [-0.39, 0.29) is 5.69 Å². The number of non-ortho nitro benzene ring substituents is 1. The Morgan fingerprint density at radius 2 is 2.08 bits per heavy atom. The summed E-state index contributed by atoms with van der Waals surface area (Å²) in [6.07, 6.45) is -0.482. The van der Waals surface area contributed by atoms with E-state index in [0.717, 1.165) is 11.0 Å². The second kappa shape index (κ2) is 5.20. The van der Waals surface area contributed by atoms with Gasteiger partial charge in [0, 0.05) is 12.1 Å². The fourth-order valence-corrected chi connectivity index (χ4v) is 3.12. The third-order valence-corrected chi connectivity index (χ3v) is 4.29. The second-order valence-corrected chi connectivity index (χ2v) is 5.82. The topological polar surface area (TPSA) is 115 Å². The predicted octanol–water partition coefficient (Wildman–Crippen LogP) is 0.385. The Bertz CT molecular complexity index is 1010. The van der Waals surface area contributed by atoms with Gasteiger partial charge in [-0.3, -0.25) is 15.8 Å². The van der Waals surface area contributed by atoms with Gasteiger partial charge < -0.3 is 0 Å². The molecule has 1 atom stereocenters. The number of nitrogens with one attached hydrogen (secondary N) is 3. The minimum atomic E-state index is -0.482. The molecule has 24 heavy (non-hydrogen) atoms. The van der Waals surface area contributed by atoms with E-state index >= 15 is 0 Å². The highest BCUT2D eigenvalue weighted by molar-refractivity contribution is 6.31. The SMILES string of the molecule is NC1=[NH+][C@H](c2cc([N+](=O)[O-])ccc2Cl)[n+]2c([nH]c3ccccc32)N1. The number of fused-ring (bicyclic) bond motifs is 3. The number of para-hydroxylation sites is 2. The van der Waals surface area contributed by atoms with Crippen LogP contribution in [-0.2, 0) is 0 Å². The Hall–Kier alpha value is -3.13. The average molecular weight is 345 g/mol. The van der Waals surface area contributed by atoms with Gasteiger partial charge in [-0.1, -0.05) is 23.7 Å². The number of nitrogens with two attached hydrogens (primary N) is 1. The maximum atomic E-state index is 11.1. The molecule has 0 aliphatic carbocycles. The molecule has 0 unspecified atom stereocenters. The highest BCUT2D eigenvalue weighted by Gasteiger charge is 2.34. The van der Waals surface area contributed by atoms with E-state index in [4.69, 9.17) is 17.3 Å². The quantitative estimate of drug-likeness (QED) is 0.306. The summed E-state index contributed by atoms with van der Waals surface area (Å²) in [5.74, 6) is 0.995. The van der Waals surface area contributed by atoms with E-state index in [9.17, 15) is 10.1 Å². The number of benzene rings is 2. The van der Waals surface area contributed by atoms with Gasteiger partial charge in [-0.15, -0.1) is 0 Å². The van der Waals surface area contributed by atoms with Gasteiger partial charge in [-0.05, 0) is 18.2 Å². The summed E-state index contributed by atoms with van der Waals surface area (Å²) >= 11 is 6.31. The molecule has 0 spiro atoms. The third-order valence-electron chi connectivity index (χ3n) is 3.95. The number of hydrogen-bond donors (Lipinski definition) is 4. The Morgan fingerprint density at radius 1 is 1.29 bits per heavy atom. The van der Waals surface area contributed by atoms with Gasteiger partial charge in [0.2, 0.25) is 6.17 Å². The Balaban J connectivity index is 1.97. The lowest BCUT2D eigenvalue weighted by Crippen LogP contribution is -2.88. The van der Waals surface area contributed by atoms with Crippen molar-refractivity contribution in [1.82, 2.24) is 4.98 Å². The number of hydrogen-bond acceptors (Lipinski definition) is 4. The van der Waals surface area contributed by atoms with Crippen molar-refractivity contribution in [3.05, 3.63) is 63.2 Å². The fraction of sp³-hybridized carbons (Fsp3) is 0.0667. The van der Waals surface area contributed by atoms with Crippen molar-refractivity contribution >= 4 is 40.2 Å². The molecular formula is C15H13ClN6O2+2. The normalized spacial score (nSPS) is 16.4. The van der Waals surface area contributed by atoms with E-state index in [1.54, 1.807) is 0 Å². The standard InChI is InChI=1S/C15H11ClN6O2/c16-10-6-5-8(22(23)24)7-9(10)13-19-14(17)20-15-18-11-3-1-2-4-12(11)21(13)15/h1-7,13H,(H3,17,18,19,20)/p+2/t13-/m0/s1. The van der Waals surface area contributed by atoms with Crippen LogP contribution >= 0.6 is 11.6 Å². The van der Waals surface area contributed by atoms with E-state index < -0.39 is 11.1 Å². The molecule has 9 heteroatoms. The molecule has 0 bridgehead atoms. The molecule has 0 fully saturated rings. The van der Waals surface area contributed by atoms with Crippen LogP contribution in [0.15, 0.2) is 42.5 Å². The number of aromatic amines is 1. The van der Waals surface area contributed by atoms with E-state index in [1.165, 1.54) is 18.2 Å². The van der Waals surface area contributed by atoms with Crippen LogP contribution in [0.4, 0.5) is 11.6 Å². The van der Waals surface area contributed by atoms with Gasteiger partial charge in [0.25, 0.3) is 5.69 Å². The lowest BCUT2D eigenvalue weighted by atomic mass is 10.1. The molecule has 120 valence electrons. The van der Waals surface area contributed by atoms with Crippen molar-refractivity contribution in [3.8, 4) is 0 Å². The molecule has 1 aliphatic heterocycles. The van der Waals surface area contributed by atoms with E-state index in [1.807, 2.05) is 28.8 Å². The van der Waals surface area contributed by atoms with Crippen LogP contribution in [0, 0.1) is 10.1 Å². The first-order valence-electron chi connectivity index (χ1n) is 7.16. The van der Waals surface area contributed by atoms with E-state index in [2.05, 4.69) is 15.3 Å². The van der Waals surface area contributed by atoms with Crippen molar-refractivity contribution in [2.45, 2.75) is 6.17 Å². The lowest BCUT2D eigenvalue weighted by molar-refractivity contribution is -0.840. The second-order valence-electron chi connectivity index (χ2n) is 5.41. The average Bonchev–Trinajstić information content (AvgIpc) is 2.92. The number of imidazole rings is 1. The molecule has 0 saturated heterocycles. The molecular weight excluding hydrogens is 332 g/mol. The minimum absolute atomic E-state index is 0.0321. The molecule has 2 heterocycles. The molecule has 2 aromatic carbocycles. The van der Waals surface area contributed by atoms with Gasteiger partial charge in [-0.2, -0.15) is 9.88 Å². The number of H-pyrrole nitrogens is 1. The first-order chi connectivity index (χ1) is 11.5. The molecule has 0 amide bonds. The van der Waals surface area contributed by atoms with Crippen LogP contribution in [0.3, 0.4) is 0 Å². The summed E-state index contributed by atoms with van der Waals surface area (Å²) < 4.78 is 1.93.